The van der Waals surface area contributed by atoms with E-state index in [4.69, 9.17) is 0 Å². The minimum Gasteiger partial charge on any atom is -0.297 e. The first kappa shape index (κ1) is 10.2. The predicted octanol–water partition coefficient (Wildman–Crippen LogP) is 3.58. The van der Waals surface area contributed by atoms with Gasteiger partial charge in [0.25, 0.3) is 0 Å². The van der Waals surface area contributed by atoms with E-state index in [1.807, 2.05) is 0 Å². The van der Waals surface area contributed by atoms with Gasteiger partial charge >= 0.3 is 0 Å². The maximum absolute atomic E-state index is 4.19. The summed E-state index contributed by atoms with van der Waals surface area (Å²) in [7, 11) is 0. The van der Waals surface area contributed by atoms with Crippen molar-refractivity contribution in [3.63, 3.8) is 0 Å². The van der Waals surface area contributed by atoms with Gasteiger partial charge in [0.2, 0.25) is 0 Å². The van der Waals surface area contributed by atoms with Crippen molar-refractivity contribution in [2.24, 2.45) is 10.9 Å². The van der Waals surface area contributed by atoms with Crippen molar-refractivity contribution in [2.75, 3.05) is 0 Å². The van der Waals surface area contributed by atoms with Crippen LogP contribution in [0.1, 0.15) is 32.1 Å². The van der Waals surface area contributed by atoms with Crippen LogP contribution >= 0.6 is 22.6 Å². The lowest BCUT2D eigenvalue weighted by Crippen LogP contribution is -2.22. The molecule has 0 aromatic heterocycles. The Bertz CT molecular complexity index is 177. The smallest absolute Gasteiger partial charge is 0.0523 e. The summed E-state index contributed by atoms with van der Waals surface area (Å²) < 4.78 is 1.26. The van der Waals surface area contributed by atoms with E-state index in [2.05, 4.69) is 40.9 Å². The molecule has 0 aliphatic heterocycles. The summed E-state index contributed by atoms with van der Waals surface area (Å²) in [6, 6.07) is 0.505. The summed E-state index contributed by atoms with van der Waals surface area (Å²) in [5.41, 5.74) is 0. The molecule has 2 heteroatoms. The Balaban J connectivity index is 2.46. The van der Waals surface area contributed by atoms with Gasteiger partial charge in [0.05, 0.1) is 6.04 Å². The van der Waals surface area contributed by atoms with Crippen molar-refractivity contribution >= 4 is 29.3 Å². The van der Waals surface area contributed by atoms with Crippen LogP contribution in [0.15, 0.2) is 15.2 Å². The van der Waals surface area contributed by atoms with Gasteiger partial charge in [-0.1, -0.05) is 19.4 Å². The highest BCUT2D eigenvalue weighted by Gasteiger charge is 2.23. The zero-order valence-electron chi connectivity index (χ0n) is 7.43. The molecular weight excluding hydrogens is 261 g/mol. The van der Waals surface area contributed by atoms with E-state index in [1.54, 1.807) is 0 Å². The molecule has 2 atom stereocenters. The molecule has 0 aromatic rings. The van der Waals surface area contributed by atoms with Gasteiger partial charge in [-0.3, -0.25) is 4.99 Å². The fraction of sp³-hybridized carbons (Fsp3) is 0.700. The van der Waals surface area contributed by atoms with Crippen molar-refractivity contribution in [2.45, 2.75) is 38.1 Å². The van der Waals surface area contributed by atoms with E-state index in [-0.39, 0.29) is 0 Å². The molecule has 0 spiro atoms. The summed E-state index contributed by atoms with van der Waals surface area (Å²) in [6.45, 7) is 7.60. The van der Waals surface area contributed by atoms with Crippen molar-refractivity contribution < 1.29 is 0 Å². The minimum absolute atomic E-state index is 0.505. The van der Waals surface area contributed by atoms with Crippen LogP contribution in [-0.2, 0) is 0 Å². The van der Waals surface area contributed by atoms with Gasteiger partial charge in [-0.15, -0.1) is 0 Å². The highest BCUT2D eigenvalue weighted by molar-refractivity contribution is 14.1. The van der Waals surface area contributed by atoms with Gasteiger partial charge in [0.1, 0.15) is 0 Å². The Hall–Kier alpha value is 0.140. The van der Waals surface area contributed by atoms with Crippen molar-refractivity contribution in [3.8, 4) is 0 Å². The highest BCUT2D eigenvalue weighted by Crippen LogP contribution is 2.32. The van der Waals surface area contributed by atoms with Crippen LogP contribution in [0.25, 0.3) is 0 Å². The third kappa shape index (κ3) is 2.88. The van der Waals surface area contributed by atoms with Gasteiger partial charge in [-0.2, -0.15) is 0 Å². The van der Waals surface area contributed by atoms with Gasteiger partial charge in [0.15, 0.2) is 0 Å². The van der Waals surface area contributed by atoms with E-state index in [0.29, 0.717) is 6.04 Å². The number of nitrogens with zero attached hydrogens (tertiary/aromatic N) is 1. The molecule has 1 saturated carbocycles. The molecule has 0 heterocycles. The van der Waals surface area contributed by atoms with E-state index in [1.165, 1.54) is 29.3 Å². The van der Waals surface area contributed by atoms with E-state index in [0.717, 1.165) is 12.3 Å². The number of hydrogen-bond donors (Lipinski definition) is 0. The summed E-state index contributed by atoms with van der Waals surface area (Å²) >= 11 is 2.31. The Labute approximate surface area is 88.5 Å². The summed E-state index contributed by atoms with van der Waals surface area (Å²) in [5, 5.41) is 0. The van der Waals surface area contributed by atoms with Gasteiger partial charge in [-0.05, 0) is 58.1 Å². The second-order valence-electron chi connectivity index (χ2n) is 3.52. The molecule has 2 unspecified atom stereocenters. The summed E-state index contributed by atoms with van der Waals surface area (Å²) in [6.07, 6.45) is 6.36. The van der Waals surface area contributed by atoms with Gasteiger partial charge in [-0.25, -0.2) is 0 Å². The van der Waals surface area contributed by atoms with Crippen molar-refractivity contribution in [1.82, 2.24) is 0 Å². The number of aliphatic imine (C=N–C) groups is 1. The molecule has 12 heavy (non-hydrogen) atoms. The largest absolute Gasteiger partial charge is 0.297 e. The van der Waals surface area contributed by atoms with Crippen LogP contribution < -0.4 is 0 Å². The number of hydrogen-bond acceptors (Lipinski definition) is 1. The maximum Gasteiger partial charge on any atom is 0.0523 e. The van der Waals surface area contributed by atoms with Crippen LogP contribution in [0.4, 0.5) is 0 Å². The quantitative estimate of drug-likeness (QED) is 0.552. The molecule has 1 aliphatic rings. The number of allylic oxidation sites excluding steroid dienone is 1. The Kier molecular flexibility index (Phi) is 4.26. The topological polar surface area (TPSA) is 12.4 Å². The molecular formula is C10H16IN. The van der Waals surface area contributed by atoms with Gasteiger partial charge in [0, 0.05) is 0 Å². The van der Waals surface area contributed by atoms with Crippen LogP contribution in [0.2, 0.25) is 0 Å². The maximum atomic E-state index is 4.19. The molecule has 1 aliphatic carbocycles. The number of rotatable bonds is 3. The second kappa shape index (κ2) is 5.00. The number of halogens is 1. The molecule has 0 amide bonds. The highest BCUT2D eigenvalue weighted by atomic mass is 127. The first-order valence-electron chi connectivity index (χ1n) is 4.53. The Morgan fingerprint density at radius 1 is 1.42 bits per heavy atom. The third-order valence-electron chi connectivity index (χ3n) is 2.59. The Morgan fingerprint density at radius 2 is 2.08 bits per heavy atom. The fourth-order valence-electron chi connectivity index (χ4n) is 1.95. The van der Waals surface area contributed by atoms with Crippen molar-refractivity contribution in [1.29, 1.82) is 0 Å². The average Bonchev–Trinajstić information content (AvgIpc) is 2.04. The van der Waals surface area contributed by atoms with Gasteiger partial charge < -0.3 is 0 Å². The first-order chi connectivity index (χ1) is 5.74. The third-order valence-corrected chi connectivity index (χ3v) is 3.03. The molecule has 1 nitrogen and oxygen atoms in total. The van der Waals surface area contributed by atoms with E-state index in [9.17, 15) is 0 Å². The van der Waals surface area contributed by atoms with Crippen LogP contribution in [0.5, 0.6) is 0 Å². The normalized spacial score (nSPS) is 29.8. The molecule has 0 N–H and O–H groups in total. The molecule has 1 fully saturated rings. The van der Waals surface area contributed by atoms with Crippen molar-refractivity contribution in [3.05, 3.63) is 10.2 Å². The lowest BCUT2D eigenvalue weighted by Gasteiger charge is -2.28. The van der Waals surface area contributed by atoms with Crippen LogP contribution in [0.3, 0.4) is 0 Å². The zero-order chi connectivity index (χ0) is 8.97. The van der Waals surface area contributed by atoms with E-state index < -0.39 is 0 Å². The van der Waals surface area contributed by atoms with Crippen LogP contribution in [-0.4, -0.2) is 12.8 Å². The van der Waals surface area contributed by atoms with Crippen LogP contribution in [0, 0.1) is 5.92 Å². The summed E-state index contributed by atoms with van der Waals surface area (Å²) in [4.78, 5) is 4.19. The summed E-state index contributed by atoms with van der Waals surface area (Å²) in [5.74, 6) is 0.723. The lowest BCUT2D eigenvalue weighted by atomic mass is 9.83. The molecule has 1 rings (SSSR count). The monoisotopic (exact) mass is 277 g/mol. The zero-order valence-corrected chi connectivity index (χ0v) is 9.59. The lowest BCUT2D eigenvalue weighted by molar-refractivity contribution is 0.313. The minimum atomic E-state index is 0.505. The first-order valence-corrected chi connectivity index (χ1v) is 5.61. The molecule has 0 saturated heterocycles. The molecule has 0 radical (unpaired) electrons. The van der Waals surface area contributed by atoms with E-state index >= 15 is 0 Å². The molecule has 0 aromatic carbocycles. The SMILES string of the molecule is C=NC1CCCCC1CC(=C)I. The molecule has 0 bridgehead atoms. The Morgan fingerprint density at radius 3 is 2.67 bits per heavy atom. The predicted molar refractivity (Wildman–Crippen MR) is 63.1 cm³/mol. The average molecular weight is 277 g/mol. The second-order valence-corrected chi connectivity index (χ2v) is 5.04. The standard InChI is InChI=1S/C10H16IN/c1-8(11)7-9-5-3-4-6-10(9)12-2/h9-10H,1-7H2. The molecule has 68 valence electrons. The fourth-order valence-corrected chi connectivity index (χ4v) is 2.52.